The molecule has 11 heteroatoms. The van der Waals surface area contributed by atoms with E-state index in [2.05, 4.69) is 20.6 Å². The quantitative estimate of drug-likeness (QED) is 0.192. The number of nitrogens with zero attached hydrogens (tertiary/aromatic N) is 3. The highest BCUT2D eigenvalue weighted by Crippen LogP contribution is 2.40. The fourth-order valence-electron chi connectivity index (χ4n) is 3.03. The lowest BCUT2D eigenvalue weighted by atomic mass is 10.2. The summed E-state index contributed by atoms with van der Waals surface area (Å²) in [7, 11) is -1.05. The van der Waals surface area contributed by atoms with Crippen molar-refractivity contribution in [1.29, 1.82) is 0 Å². The predicted molar refractivity (Wildman–Crippen MR) is 136 cm³/mol. The summed E-state index contributed by atoms with van der Waals surface area (Å²) in [5, 5.41) is 6.34. The summed E-state index contributed by atoms with van der Waals surface area (Å²) in [5.74, 6) is 0.319. The lowest BCUT2D eigenvalue weighted by molar-refractivity contribution is -0.112. The average molecular weight is 500 g/mol. The molecule has 0 unspecified atom stereocenters. The summed E-state index contributed by atoms with van der Waals surface area (Å²) < 4.78 is 19.4. The van der Waals surface area contributed by atoms with Crippen molar-refractivity contribution >= 4 is 65.1 Å². The highest BCUT2D eigenvalue weighted by molar-refractivity contribution is 7.70. The van der Waals surface area contributed by atoms with Crippen LogP contribution in [0.3, 0.4) is 0 Å². The summed E-state index contributed by atoms with van der Waals surface area (Å²) >= 11 is 6.53. The van der Waals surface area contributed by atoms with Crippen LogP contribution >= 0.6 is 18.9 Å². The zero-order valence-electron chi connectivity index (χ0n) is 18.7. The molecule has 3 rings (SSSR count). The van der Waals surface area contributed by atoms with Crippen LogP contribution < -0.4 is 25.1 Å². The summed E-state index contributed by atoms with van der Waals surface area (Å²) in [6, 6.07) is 12.2. The van der Waals surface area contributed by atoms with E-state index in [9.17, 15) is 14.2 Å². The highest BCUT2D eigenvalue weighted by atomic mass is 35.5. The molecule has 2 N–H and O–H groups in total. The number of carbonyl (C=O) groups excluding carboxylic acids is 2. The van der Waals surface area contributed by atoms with E-state index < -0.39 is 13.0 Å². The van der Waals surface area contributed by atoms with Gasteiger partial charge in [0.2, 0.25) is 11.9 Å². The Balaban J connectivity index is 1.82. The molecule has 0 saturated carbocycles. The third-order valence-electron chi connectivity index (χ3n) is 4.58. The van der Waals surface area contributed by atoms with Crippen molar-refractivity contribution in [2.45, 2.75) is 0 Å². The number of allylic oxidation sites excluding steroid dienone is 1. The van der Waals surface area contributed by atoms with Crippen molar-refractivity contribution in [3.8, 4) is 5.75 Å². The Morgan fingerprint density at radius 1 is 1.15 bits per heavy atom. The maximum Gasteiger partial charge on any atom is 0.248 e. The normalized spacial score (nSPS) is 11.2. The van der Waals surface area contributed by atoms with Crippen molar-refractivity contribution in [2.75, 3.05) is 35.5 Å². The zero-order valence-corrected chi connectivity index (χ0v) is 20.4. The molecule has 1 aromatic heterocycles. The molecule has 1 amide bonds. The molecular formula is C23H23ClN5O4P. The number of methoxy groups -OCH3 is 1. The number of nitrogens with one attached hydrogen (secondary N) is 2. The smallest absolute Gasteiger partial charge is 0.248 e. The Kier molecular flexibility index (Phi) is 8.04. The number of rotatable bonds is 9. The minimum absolute atomic E-state index is 0.265. The monoisotopic (exact) mass is 499 g/mol. The molecule has 0 fully saturated rings. The van der Waals surface area contributed by atoms with Gasteiger partial charge in [-0.15, -0.1) is 0 Å². The second-order valence-corrected chi connectivity index (χ2v) is 10.9. The van der Waals surface area contributed by atoms with Crippen molar-refractivity contribution < 1.29 is 18.9 Å². The summed E-state index contributed by atoms with van der Waals surface area (Å²) in [4.78, 5) is 30.8. The van der Waals surface area contributed by atoms with Crippen LogP contribution in [0.2, 0.25) is 0 Å². The molecule has 176 valence electrons. The number of hydrogen-bond donors (Lipinski definition) is 2. The number of hydrogen-bond acceptors (Lipinski definition) is 8. The molecule has 1 heterocycles. The van der Waals surface area contributed by atoms with Crippen LogP contribution in [0.25, 0.3) is 0 Å². The van der Waals surface area contributed by atoms with Gasteiger partial charge < -0.3 is 19.9 Å². The van der Waals surface area contributed by atoms with Gasteiger partial charge >= 0.3 is 0 Å². The predicted octanol–water partition coefficient (Wildman–Crippen LogP) is 4.46. The lowest BCUT2D eigenvalue weighted by Gasteiger charge is -2.21. The van der Waals surface area contributed by atoms with Crippen molar-refractivity contribution in [3.05, 3.63) is 67.0 Å². The lowest BCUT2D eigenvalue weighted by Crippen LogP contribution is -2.15. The molecule has 0 aliphatic carbocycles. The molecule has 2 aromatic carbocycles. The summed E-state index contributed by atoms with van der Waals surface area (Å²) in [6.45, 7) is 3.37. The molecule has 0 aliphatic rings. The van der Waals surface area contributed by atoms with E-state index in [0.29, 0.717) is 40.1 Å². The van der Waals surface area contributed by atoms with Gasteiger partial charge in [-0.1, -0.05) is 12.1 Å². The number of aromatic nitrogens is 2. The fourth-order valence-corrected chi connectivity index (χ4v) is 4.49. The number of benzene rings is 2. The maximum atomic E-state index is 12.7. The van der Waals surface area contributed by atoms with Crippen LogP contribution in [-0.4, -0.2) is 42.6 Å². The first kappa shape index (κ1) is 25.0. The number of ether oxygens (including phenoxy) is 1. The topological polar surface area (TPSA) is 114 Å². The number of para-hydroxylation sites is 1. The minimum Gasteiger partial charge on any atom is -0.495 e. The Bertz CT molecular complexity index is 1260. The first-order valence-electron chi connectivity index (χ1n) is 10.0. The van der Waals surface area contributed by atoms with Crippen molar-refractivity contribution in [3.63, 3.8) is 0 Å². The molecule has 0 spiro atoms. The standard InChI is InChI=1S/C23H23ClN5O4P/c1-33-20-11-10-16(27-22(31)9-6-12-30)13-18(20)28-23-25-14-17(15-26-23)29(24)19-7-4-5-8-21(19)34(2,3)32/h4-15H,1-3H3,(H,27,31)(H,25,26,28)/b9-6-. The number of anilines is 5. The second-order valence-electron chi connectivity index (χ2n) is 7.41. The van der Waals surface area contributed by atoms with Gasteiger partial charge in [-0.05, 0) is 49.7 Å². The van der Waals surface area contributed by atoms with E-state index in [4.69, 9.17) is 16.5 Å². The van der Waals surface area contributed by atoms with E-state index in [0.717, 1.165) is 12.2 Å². The first-order valence-corrected chi connectivity index (χ1v) is 13.0. The molecule has 34 heavy (non-hydrogen) atoms. The number of halogens is 1. The molecule has 0 radical (unpaired) electrons. The Morgan fingerprint density at radius 2 is 1.85 bits per heavy atom. The molecule has 0 saturated heterocycles. The van der Waals surface area contributed by atoms with Crippen LogP contribution in [0.5, 0.6) is 5.75 Å². The van der Waals surface area contributed by atoms with E-state index >= 15 is 0 Å². The average Bonchev–Trinajstić information content (AvgIpc) is 2.82. The second kappa shape index (κ2) is 11.0. The van der Waals surface area contributed by atoms with Gasteiger partial charge in [0.25, 0.3) is 0 Å². The van der Waals surface area contributed by atoms with Crippen LogP contribution in [-0.2, 0) is 14.2 Å². The van der Waals surface area contributed by atoms with Crippen molar-refractivity contribution in [2.24, 2.45) is 0 Å². The number of carbonyl (C=O) groups is 2. The van der Waals surface area contributed by atoms with E-state index in [1.807, 2.05) is 12.1 Å². The summed E-state index contributed by atoms with van der Waals surface area (Å²) in [5.41, 5.74) is 2.07. The van der Waals surface area contributed by atoms with Gasteiger partial charge in [-0.25, -0.2) is 14.4 Å². The number of aldehydes is 1. The van der Waals surface area contributed by atoms with Gasteiger partial charge in [0.1, 0.15) is 19.2 Å². The minimum atomic E-state index is -2.56. The molecule has 9 nitrogen and oxygen atoms in total. The van der Waals surface area contributed by atoms with Crippen LogP contribution in [0.1, 0.15) is 0 Å². The van der Waals surface area contributed by atoms with Crippen molar-refractivity contribution in [1.82, 2.24) is 9.97 Å². The third-order valence-corrected chi connectivity index (χ3v) is 6.49. The van der Waals surface area contributed by atoms with E-state index in [1.165, 1.54) is 23.9 Å². The van der Waals surface area contributed by atoms with Crippen LogP contribution in [0.15, 0.2) is 67.0 Å². The Labute approximate surface area is 202 Å². The molecule has 3 aromatic rings. The fraction of sp³-hybridized carbons (Fsp3) is 0.130. The van der Waals surface area contributed by atoms with Gasteiger partial charge in [0.15, 0.2) is 0 Å². The Hall–Kier alpha value is -3.68. The van der Waals surface area contributed by atoms with Gasteiger partial charge in [0, 0.05) is 28.8 Å². The maximum absolute atomic E-state index is 12.7. The zero-order chi connectivity index (χ0) is 24.7. The Morgan fingerprint density at radius 3 is 2.50 bits per heavy atom. The molecular weight excluding hydrogens is 477 g/mol. The van der Waals surface area contributed by atoms with Gasteiger partial charge in [-0.3, -0.25) is 9.59 Å². The molecule has 0 bridgehead atoms. The molecule has 0 aliphatic heterocycles. The van der Waals surface area contributed by atoms with Crippen LogP contribution in [0, 0.1) is 0 Å². The third kappa shape index (κ3) is 6.21. The van der Waals surface area contributed by atoms with Gasteiger partial charge in [0.05, 0.1) is 36.6 Å². The SMILES string of the molecule is COc1ccc(NC(=O)/C=C\C=O)cc1Nc1ncc(N(Cl)c2ccccc2P(C)(C)=O)cn1. The van der Waals surface area contributed by atoms with Crippen LogP contribution in [0.4, 0.5) is 28.7 Å². The number of amides is 1. The van der Waals surface area contributed by atoms with Gasteiger partial charge in [-0.2, -0.15) is 0 Å². The first-order chi connectivity index (χ1) is 16.2. The molecule has 0 atom stereocenters. The van der Waals surface area contributed by atoms with E-state index in [1.54, 1.807) is 43.7 Å². The van der Waals surface area contributed by atoms with E-state index in [-0.39, 0.29) is 5.95 Å². The summed E-state index contributed by atoms with van der Waals surface area (Å²) in [6.07, 6.45) is 5.80. The highest BCUT2D eigenvalue weighted by Gasteiger charge is 2.20. The largest absolute Gasteiger partial charge is 0.495 e.